The molecule has 88 valence electrons. The van der Waals surface area contributed by atoms with Gasteiger partial charge in [0.1, 0.15) is 6.61 Å². The van der Waals surface area contributed by atoms with Crippen LogP contribution in [0.25, 0.3) is 0 Å². The minimum absolute atomic E-state index is 0.480. The fourth-order valence-electron chi connectivity index (χ4n) is 1.36. The Morgan fingerprint density at radius 1 is 1.24 bits per heavy atom. The first-order chi connectivity index (χ1) is 8.29. The van der Waals surface area contributed by atoms with Gasteiger partial charge in [0.05, 0.1) is 0 Å². The van der Waals surface area contributed by atoms with E-state index in [9.17, 15) is 0 Å². The SMILES string of the molecule is NNc1ncccc1OCc1ccc(Br)cc1. The summed E-state index contributed by atoms with van der Waals surface area (Å²) in [6.45, 7) is 0.480. The largest absolute Gasteiger partial charge is 0.485 e. The molecule has 0 bridgehead atoms. The summed E-state index contributed by atoms with van der Waals surface area (Å²) in [6.07, 6.45) is 1.65. The summed E-state index contributed by atoms with van der Waals surface area (Å²) in [5, 5.41) is 0. The lowest BCUT2D eigenvalue weighted by atomic mass is 10.2. The molecule has 0 radical (unpaired) electrons. The summed E-state index contributed by atoms with van der Waals surface area (Å²) in [4.78, 5) is 4.05. The molecule has 3 N–H and O–H groups in total. The molecule has 1 aromatic heterocycles. The van der Waals surface area contributed by atoms with Gasteiger partial charge in [-0.1, -0.05) is 28.1 Å². The van der Waals surface area contributed by atoms with E-state index in [4.69, 9.17) is 10.6 Å². The lowest BCUT2D eigenvalue weighted by molar-refractivity contribution is 0.306. The second-order valence-electron chi connectivity index (χ2n) is 3.41. The zero-order valence-electron chi connectivity index (χ0n) is 9.06. The number of hydrazine groups is 1. The highest BCUT2D eigenvalue weighted by atomic mass is 79.9. The average molecular weight is 294 g/mol. The molecule has 0 amide bonds. The van der Waals surface area contributed by atoms with Gasteiger partial charge in [-0.2, -0.15) is 0 Å². The van der Waals surface area contributed by atoms with Crippen molar-refractivity contribution in [3.8, 4) is 5.75 Å². The summed E-state index contributed by atoms with van der Waals surface area (Å²) in [6, 6.07) is 11.6. The summed E-state index contributed by atoms with van der Waals surface area (Å²) < 4.78 is 6.68. The Kier molecular flexibility index (Phi) is 3.95. The van der Waals surface area contributed by atoms with Crippen molar-refractivity contribution >= 4 is 21.7 Å². The van der Waals surface area contributed by atoms with Crippen molar-refractivity contribution in [3.05, 3.63) is 52.6 Å². The van der Waals surface area contributed by atoms with Crippen molar-refractivity contribution < 1.29 is 4.74 Å². The number of nitrogen functional groups attached to an aromatic ring is 1. The highest BCUT2D eigenvalue weighted by Gasteiger charge is 2.02. The maximum Gasteiger partial charge on any atom is 0.182 e. The molecule has 2 rings (SSSR count). The van der Waals surface area contributed by atoms with Crippen molar-refractivity contribution in [3.63, 3.8) is 0 Å². The van der Waals surface area contributed by atoms with Crippen molar-refractivity contribution in [2.75, 3.05) is 5.43 Å². The first-order valence-corrected chi connectivity index (χ1v) is 5.88. The minimum atomic E-state index is 0.480. The van der Waals surface area contributed by atoms with Crippen LogP contribution in [0, 0.1) is 0 Å². The average Bonchev–Trinajstić information content (AvgIpc) is 2.38. The van der Waals surface area contributed by atoms with Gasteiger partial charge in [-0.3, -0.25) is 0 Å². The predicted molar refractivity (Wildman–Crippen MR) is 70.5 cm³/mol. The molecule has 0 aliphatic heterocycles. The van der Waals surface area contributed by atoms with Crippen LogP contribution >= 0.6 is 15.9 Å². The number of nitrogens with zero attached hydrogens (tertiary/aromatic N) is 1. The molecule has 0 atom stereocenters. The molecule has 4 nitrogen and oxygen atoms in total. The van der Waals surface area contributed by atoms with E-state index in [-0.39, 0.29) is 0 Å². The van der Waals surface area contributed by atoms with E-state index in [2.05, 4.69) is 26.3 Å². The van der Waals surface area contributed by atoms with Crippen LogP contribution in [-0.2, 0) is 6.61 Å². The van der Waals surface area contributed by atoms with Crippen molar-refractivity contribution in [2.45, 2.75) is 6.61 Å². The fraction of sp³-hybridized carbons (Fsp3) is 0.0833. The maximum absolute atomic E-state index is 5.63. The van der Waals surface area contributed by atoms with Crippen LogP contribution in [0.15, 0.2) is 47.1 Å². The topological polar surface area (TPSA) is 60.2 Å². The fourth-order valence-corrected chi connectivity index (χ4v) is 1.62. The summed E-state index contributed by atoms with van der Waals surface area (Å²) in [7, 11) is 0. The third-order valence-electron chi connectivity index (χ3n) is 2.22. The van der Waals surface area contributed by atoms with E-state index in [0.717, 1.165) is 10.0 Å². The van der Waals surface area contributed by atoms with E-state index in [0.29, 0.717) is 18.2 Å². The van der Waals surface area contributed by atoms with E-state index >= 15 is 0 Å². The molecular weight excluding hydrogens is 282 g/mol. The minimum Gasteiger partial charge on any atom is -0.485 e. The second kappa shape index (κ2) is 5.65. The number of hydrogen-bond acceptors (Lipinski definition) is 4. The first kappa shape index (κ1) is 11.9. The molecular formula is C12H12BrN3O. The number of halogens is 1. The molecule has 0 saturated carbocycles. The number of ether oxygens (including phenoxy) is 1. The third kappa shape index (κ3) is 3.18. The smallest absolute Gasteiger partial charge is 0.182 e. The molecule has 0 aliphatic rings. The Morgan fingerprint density at radius 2 is 2.00 bits per heavy atom. The molecule has 5 heteroatoms. The number of anilines is 1. The Morgan fingerprint density at radius 3 is 2.71 bits per heavy atom. The van der Waals surface area contributed by atoms with Gasteiger partial charge in [-0.15, -0.1) is 0 Å². The van der Waals surface area contributed by atoms with Gasteiger partial charge >= 0.3 is 0 Å². The van der Waals surface area contributed by atoms with Gasteiger partial charge in [-0.25, -0.2) is 10.8 Å². The molecule has 0 spiro atoms. The van der Waals surface area contributed by atoms with E-state index in [1.54, 1.807) is 12.3 Å². The highest BCUT2D eigenvalue weighted by Crippen LogP contribution is 2.21. The van der Waals surface area contributed by atoms with Crippen molar-refractivity contribution in [1.29, 1.82) is 0 Å². The van der Waals surface area contributed by atoms with E-state index in [1.807, 2.05) is 30.3 Å². The summed E-state index contributed by atoms with van der Waals surface area (Å²) in [5.74, 6) is 6.51. The lowest BCUT2D eigenvalue weighted by Crippen LogP contribution is -2.10. The van der Waals surface area contributed by atoms with E-state index < -0.39 is 0 Å². The number of benzene rings is 1. The predicted octanol–water partition coefficient (Wildman–Crippen LogP) is 2.71. The number of nitrogens with one attached hydrogen (secondary N) is 1. The van der Waals surface area contributed by atoms with Gasteiger partial charge in [0, 0.05) is 10.7 Å². The zero-order chi connectivity index (χ0) is 12.1. The van der Waals surface area contributed by atoms with Gasteiger partial charge < -0.3 is 10.2 Å². The Hall–Kier alpha value is -1.59. The number of nitrogens with two attached hydrogens (primary N) is 1. The number of rotatable bonds is 4. The van der Waals surface area contributed by atoms with Gasteiger partial charge in [-0.05, 0) is 29.8 Å². The van der Waals surface area contributed by atoms with Crippen LogP contribution in [0.5, 0.6) is 5.75 Å². The summed E-state index contributed by atoms with van der Waals surface area (Å²) >= 11 is 3.39. The monoisotopic (exact) mass is 293 g/mol. The van der Waals surface area contributed by atoms with Crippen LogP contribution in [0.2, 0.25) is 0 Å². The molecule has 0 aliphatic carbocycles. The number of hydrogen-bond donors (Lipinski definition) is 2. The lowest BCUT2D eigenvalue weighted by Gasteiger charge is -2.09. The Balaban J connectivity index is 2.04. The van der Waals surface area contributed by atoms with Gasteiger partial charge in [0.15, 0.2) is 11.6 Å². The third-order valence-corrected chi connectivity index (χ3v) is 2.74. The molecule has 0 unspecified atom stereocenters. The maximum atomic E-state index is 5.63. The normalized spacial score (nSPS) is 10.0. The first-order valence-electron chi connectivity index (χ1n) is 5.08. The van der Waals surface area contributed by atoms with Gasteiger partial charge in [0.25, 0.3) is 0 Å². The highest BCUT2D eigenvalue weighted by molar-refractivity contribution is 9.10. The Bertz CT molecular complexity index is 487. The molecule has 1 heterocycles. The summed E-state index contributed by atoms with van der Waals surface area (Å²) in [5.41, 5.74) is 3.58. The zero-order valence-corrected chi connectivity index (χ0v) is 10.6. The molecule has 0 fully saturated rings. The quantitative estimate of drug-likeness (QED) is 0.672. The molecule has 0 saturated heterocycles. The second-order valence-corrected chi connectivity index (χ2v) is 4.33. The van der Waals surface area contributed by atoms with Crippen LogP contribution in [0.4, 0.5) is 5.82 Å². The molecule has 17 heavy (non-hydrogen) atoms. The van der Waals surface area contributed by atoms with Crippen LogP contribution in [-0.4, -0.2) is 4.98 Å². The van der Waals surface area contributed by atoms with Crippen molar-refractivity contribution in [2.24, 2.45) is 5.84 Å². The molecule has 1 aromatic carbocycles. The van der Waals surface area contributed by atoms with Crippen molar-refractivity contribution in [1.82, 2.24) is 4.98 Å². The number of aromatic nitrogens is 1. The van der Waals surface area contributed by atoms with E-state index in [1.165, 1.54) is 0 Å². The van der Waals surface area contributed by atoms with Crippen LogP contribution < -0.4 is 16.0 Å². The Labute approximate surface area is 108 Å². The van der Waals surface area contributed by atoms with Gasteiger partial charge in [0.2, 0.25) is 0 Å². The standard InChI is InChI=1S/C12H12BrN3O/c13-10-5-3-9(4-6-10)8-17-11-2-1-7-15-12(11)16-14/h1-7H,8,14H2,(H,15,16). The van der Waals surface area contributed by atoms with Crippen LogP contribution in [0.1, 0.15) is 5.56 Å². The molecule has 2 aromatic rings. The van der Waals surface area contributed by atoms with Crippen LogP contribution in [0.3, 0.4) is 0 Å². The number of pyridine rings is 1.